The highest BCUT2D eigenvalue weighted by atomic mass is 19.4. The van der Waals surface area contributed by atoms with E-state index in [4.69, 9.17) is 4.74 Å². The van der Waals surface area contributed by atoms with Gasteiger partial charge in [-0.05, 0) is 47.4 Å². The molecule has 194 valence electrons. The highest BCUT2D eigenvalue weighted by Crippen LogP contribution is 2.45. The predicted molar refractivity (Wildman–Crippen MR) is 128 cm³/mol. The van der Waals surface area contributed by atoms with Gasteiger partial charge < -0.3 is 15.4 Å². The highest BCUT2D eigenvalue weighted by Gasteiger charge is 2.68. The van der Waals surface area contributed by atoms with Crippen molar-refractivity contribution in [2.24, 2.45) is 0 Å². The molecule has 1 aliphatic heterocycles. The zero-order valence-electron chi connectivity index (χ0n) is 20.2. The van der Waals surface area contributed by atoms with Crippen molar-refractivity contribution < 1.29 is 27.5 Å². The first kappa shape index (κ1) is 25.7. The smallest absolute Gasteiger partial charge is 0.425 e. The second-order valence-electron chi connectivity index (χ2n) is 9.50. The summed E-state index contributed by atoms with van der Waals surface area (Å²) in [5.74, 6) is -3.27. The molecule has 0 spiro atoms. The van der Waals surface area contributed by atoms with Gasteiger partial charge in [-0.3, -0.25) is 19.4 Å². The molecule has 0 fully saturated rings. The number of ether oxygens (including phenoxy) is 1. The van der Waals surface area contributed by atoms with Crippen molar-refractivity contribution in [3.05, 3.63) is 86.1 Å². The minimum absolute atomic E-state index is 0.0423. The number of nitrogens with one attached hydrogen (secondary N) is 3. The summed E-state index contributed by atoms with van der Waals surface area (Å²) in [6, 6.07) is 11.4. The van der Waals surface area contributed by atoms with E-state index in [1.165, 1.54) is 43.5 Å². The molecule has 2 amide bonds. The second-order valence-corrected chi connectivity index (χ2v) is 9.50. The van der Waals surface area contributed by atoms with Crippen LogP contribution in [-0.4, -0.2) is 34.7 Å². The van der Waals surface area contributed by atoms with Gasteiger partial charge in [0.2, 0.25) is 0 Å². The first-order valence-electron chi connectivity index (χ1n) is 11.1. The largest absolute Gasteiger partial charge is 0.497 e. The molecule has 3 aromatic rings. The van der Waals surface area contributed by atoms with Gasteiger partial charge in [0.15, 0.2) is 0 Å². The lowest BCUT2D eigenvalue weighted by Gasteiger charge is -2.30. The van der Waals surface area contributed by atoms with Gasteiger partial charge in [0, 0.05) is 5.56 Å². The summed E-state index contributed by atoms with van der Waals surface area (Å²) in [6.07, 6.45) is -5.45. The summed E-state index contributed by atoms with van der Waals surface area (Å²) in [6.45, 7) is 5.78. The van der Waals surface area contributed by atoms with Crippen LogP contribution < -0.4 is 26.6 Å². The molecule has 12 heteroatoms. The number of hydrogen-bond acceptors (Lipinski definition) is 5. The number of H-pyrrole nitrogens is 1. The summed E-state index contributed by atoms with van der Waals surface area (Å²) < 4.78 is 49.6. The first-order chi connectivity index (χ1) is 17.2. The van der Waals surface area contributed by atoms with Gasteiger partial charge in [-0.1, -0.05) is 32.9 Å². The summed E-state index contributed by atoms with van der Waals surface area (Å²) in [7, 11) is 1.40. The fourth-order valence-corrected chi connectivity index (χ4v) is 4.12. The molecule has 0 bridgehead atoms. The number of carbonyl (C=O) groups is 2. The van der Waals surface area contributed by atoms with Crippen molar-refractivity contribution in [3.63, 3.8) is 0 Å². The number of benzene rings is 2. The van der Waals surface area contributed by atoms with E-state index < -0.39 is 46.2 Å². The number of aromatic amines is 1. The maximum Gasteiger partial charge on any atom is 0.425 e. The van der Waals surface area contributed by atoms with E-state index in [1.54, 1.807) is 17.4 Å². The van der Waals surface area contributed by atoms with Crippen LogP contribution in [0, 0.1) is 0 Å². The Morgan fingerprint density at radius 3 is 2.08 bits per heavy atom. The molecule has 1 unspecified atom stereocenters. The Morgan fingerprint density at radius 1 is 0.973 bits per heavy atom. The van der Waals surface area contributed by atoms with E-state index in [9.17, 15) is 32.3 Å². The average molecular weight is 516 g/mol. The fourth-order valence-electron chi connectivity index (χ4n) is 4.12. The van der Waals surface area contributed by atoms with Gasteiger partial charge in [0.1, 0.15) is 17.1 Å². The van der Waals surface area contributed by atoms with Crippen LogP contribution in [0.5, 0.6) is 5.75 Å². The molecule has 1 aromatic heterocycles. The number of nitrogens with zero attached hydrogens (tertiary/aromatic N) is 1. The molecule has 0 saturated heterocycles. The van der Waals surface area contributed by atoms with Crippen molar-refractivity contribution in [1.82, 2.24) is 14.9 Å². The standard InChI is InChI=1S/C25H23F3N4O5/c1-23(2,3)14-7-5-13(6-8-14)19(33)31-24(25(26,27)28)17-18(29-21(24)35)32(22(36)30-20(17)34)15-9-11-16(37-4)12-10-15/h5-12H,1-4H3,(H,29,35)(H,31,33)(H,30,34,36). The maximum absolute atomic E-state index is 14.6. The van der Waals surface area contributed by atoms with Crippen molar-refractivity contribution in [1.29, 1.82) is 0 Å². The van der Waals surface area contributed by atoms with Crippen molar-refractivity contribution in [3.8, 4) is 11.4 Å². The number of halogens is 3. The average Bonchev–Trinajstić information content (AvgIpc) is 3.12. The third-order valence-corrected chi connectivity index (χ3v) is 6.13. The maximum atomic E-state index is 14.6. The van der Waals surface area contributed by atoms with E-state index in [-0.39, 0.29) is 16.7 Å². The number of rotatable bonds is 4. The molecule has 4 rings (SSSR count). The number of aromatic nitrogens is 2. The van der Waals surface area contributed by atoms with E-state index in [0.717, 1.165) is 5.56 Å². The Labute approximate surface area is 208 Å². The fraction of sp³-hybridized carbons (Fsp3) is 0.280. The van der Waals surface area contributed by atoms with Gasteiger partial charge in [-0.25, -0.2) is 9.36 Å². The van der Waals surface area contributed by atoms with E-state index in [1.807, 2.05) is 31.1 Å². The number of hydrogen-bond donors (Lipinski definition) is 3. The first-order valence-corrected chi connectivity index (χ1v) is 11.1. The summed E-state index contributed by atoms with van der Waals surface area (Å²) in [5.41, 5.74) is -7.01. The van der Waals surface area contributed by atoms with E-state index in [2.05, 4.69) is 0 Å². The molecule has 9 nitrogen and oxygen atoms in total. The zero-order valence-corrected chi connectivity index (χ0v) is 20.2. The molecular weight excluding hydrogens is 493 g/mol. The predicted octanol–water partition coefficient (Wildman–Crippen LogP) is 2.97. The Kier molecular flexibility index (Phi) is 6.01. The van der Waals surface area contributed by atoms with Crippen molar-refractivity contribution in [2.75, 3.05) is 12.4 Å². The summed E-state index contributed by atoms with van der Waals surface area (Å²) in [5, 5.41) is 3.73. The minimum Gasteiger partial charge on any atom is -0.497 e. The second kappa shape index (κ2) is 8.64. The molecule has 0 saturated carbocycles. The highest BCUT2D eigenvalue weighted by molar-refractivity contribution is 6.09. The van der Waals surface area contributed by atoms with Crippen molar-refractivity contribution >= 4 is 17.6 Å². The molecule has 2 heterocycles. The number of methoxy groups -OCH3 is 1. The lowest BCUT2D eigenvalue weighted by Crippen LogP contribution is -2.62. The van der Waals surface area contributed by atoms with Crippen LogP contribution in [0.15, 0.2) is 58.1 Å². The zero-order chi connectivity index (χ0) is 27.3. The van der Waals surface area contributed by atoms with Crippen LogP contribution in [0.25, 0.3) is 5.69 Å². The molecule has 37 heavy (non-hydrogen) atoms. The number of amides is 2. The lowest BCUT2D eigenvalue weighted by atomic mass is 9.86. The topological polar surface area (TPSA) is 122 Å². The Balaban J connectivity index is 1.88. The number of fused-ring (bicyclic) bond motifs is 1. The molecule has 0 aliphatic carbocycles. The third-order valence-electron chi connectivity index (χ3n) is 6.13. The summed E-state index contributed by atoms with van der Waals surface area (Å²) >= 11 is 0. The van der Waals surface area contributed by atoms with Crippen LogP contribution >= 0.6 is 0 Å². The minimum atomic E-state index is -5.45. The Bertz CT molecular complexity index is 1500. The molecule has 1 atom stereocenters. The molecular formula is C25H23F3N4O5. The van der Waals surface area contributed by atoms with Crippen molar-refractivity contribution in [2.45, 2.75) is 37.9 Å². The molecule has 2 aromatic carbocycles. The Morgan fingerprint density at radius 2 is 1.57 bits per heavy atom. The van der Waals surface area contributed by atoms with Gasteiger partial charge in [-0.15, -0.1) is 0 Å². The number of carbonyl (C=O) groups excluding carboxylic acids is 2. The van der Waals surface area contributed by atoms with E-state index in [0.29, 0.717) is 10.3 Å². The SMILES string of the molecule is COc1ccc(-n2c3c(c(=O)[nH]c2=O)C(NC(=O)c2ccc(C(C)(C)C)cc2)(C(F)(F)F)C(=O)N3)cc1. The quantitative estimate of drug-likeness (QED) is 0.492. The van der Waals surface area contributed by atoms with Crippen LogP contribution in [0.4, 0.5) is 19.0 Å². The van der Waals surface area contributed by atoms with E-state index >= 15 is 0 Å². The van der Waals surface area contributed by atoms with Crippen LogP contribution in [-0.2, 0) is 15.7 Å². The van der Waals surface area contributed by atoms with Gasteiger partial charge in [0.25, 0.3) is 22.9 Å². The van der Waals surface area contributed by atoms with Gasteiger partial charge in [-0.2, -0.15) is 13.2 Å². The number of alkyl halides is 3. The molecule has 0 radical (unpaired) electrons. The van der Waals surface area contributed by atoms with Gasteiger partial charge in [0.05, 0.1) is 12.8 Å². The lowest BCUT2D eigenvalue weighted by molar-refractivity contribution is -0.196. The number of anilines is 1. The van der Waals surface area contributed by atoms with Crippen LogP contribution in [0.2, 0.25) is 0 Å². The van der Waals surface area contributed by atoms with Crippen LogP contribution in [0.1, 0.15) is 42.3 Å². The Hall–Kier alpha value is -4.35. The third kappa shape index (κ3) is 4.17. The van der Waals surface area contributed by atoms with Crippen LogP contribution in [0.3, 0.4) is 0 Å². The monoisotopic (exact) mass is 516 g/mol. The normalized spacial score (nSPS) is 17.2. The molecule has 1 aliphatic rings. The van der Waals surface area contributed by atoms with Gasteiger partial charge >= 0.3 is 11.9 Å². The molecule has 3 N–H and O–H groups in total. The summed E-state index contributed by atoms with van der Waals surface area (Å²) in [4.78, 5) is 53.2.